The molecule has 0 saturated heterocycles. The predicted octanol–water partition coefficient (Wildman–Crippen LogP) is 2.98. The van der Waals surface area contributed by atoms with Crippen LogP contribution in [0.2, 0.25) is 0 Å². The summed E-state index contributed by atoms with van der Waals surface area (Å²) in [5.74, 6) is 2.82. The molecule has 2 aromatic heterocycles. The van der Waals surface area contributed by atoms with E-state index in [0.717, 1.165) is 30.1 Å². The minimum atomic E-state index is 0.497. The Bertz CT molecular complexity index is 808. The lowest BCUT2D eigenvalue weighted by Gasteiger charge is -2.11. The fourth-order valence-electron chi connectivity index (χ4n) is 2.28. The Hall–Kier alpha value is -3.22. The van der Waals surface area contributed by atoms with E-state index in [2.05, 4.69) is 42.7 Å². The van der Waals surface area contributed by atoms with Gasteiger partial charge in [-0.1, -0.05) is 12.1 Å². The van der Waals surface area contributed by atoms with E-state index in [1.807, 2.05) is 19.1 Å². The standard InChI is InChI=1S/C18H20N6O/c1-13-11-21-18(23-16-8-9-19-12-22-16)24-17(13)20-10-7-14-3-5-15(25-2)6-4-14/h3-6,8-9,11-12H,7,10H2,1-2H3,(H2,19,20,21,22,23,24). The third-order valence-corrected chi connectivity index (χ3v) is 3.66. The highest BCUT2D eigenvalue weighted by Crippen LogP contribution is 2.16. The lowest BCUT2D eigenvalue weighted by atomic mass is 10.1. The summed E-state index contributed by atoms with van der Waals surface area (Å²) in [5.41, 5.74) is 2.22. The Kier molecular flexibility index (Phi) is 5.36. The molecule has 0 radical (unpaired) electrons. The van der Waals surface area contributed by atoms with Gasteiger partial charge in [-0.3, -0.25) is 0 Å². The number of hydrogen-bond acceptors (Lipinski definition) is 7. The molecule has 0 fully saturated rings. The molecule has 2 N–H and O–H groups in total. The van der Waals surface area contributed by atoms with Crippen molar-refractivity contribution < 1.29 is 4.74 Å². The summed E-state index contributed by atoms with van der Waals surface area (Å²) in [6.45, 7) is 2.75. The number of anilines is 3. The van der Waals surface area contributed by atoms with E-state index in [4.69, 9.17) is 4.74 Å². The van der Waals surface area contributed by atoms with Crippen LogP contribution in [0, 0.1) is 6.92 Å². The second-order valence-electron chi connectivity index (χ2n) is 5.47. The molecule has 7 nitrogen and oxygen atoms in total. The lowest BCUT2D eigenvalue weighted by molar-refractivity contribution is 0.414. The van der Waals surface area contributed by atoms with E-state index >= 15 is 0 Å². The Morgan fingerprint density at radius 1 is 1.08 bits per heavy atom. The van der Waals surface area contributed by atoms with E-state index in [1.165, 1.54) is 11.9 Å². The van der Waals surface area contributed by atoms with Crippen molar-refractivity contribution in [2.75, 3.05) is 24.3 Å². The second kappa shape index (κ2) is 8.05. The van der Waals surface area contributed by atoms with E-state index < -0.39 is 0 Å². The van der Waals surface area contributed by atoms with Crippen LogP contribution >= 0.6 is 0 Å². The van der Waals surface area contributed by atoms with Crippen LogP contribution in [0.1, 0.15) is 11.1 Å². The van der Waals surface area contributed by atoms with E-state index in [9.17, 15) is 0 Å². The van der Waals surface area contributed by atoms with Crippen LogP contribution in [-0.2, 0) is 6.42 Å². The molecule has 3 aromatic rings. The van der Waals surface area contributed by atoms with Gasteiger partial charge in [0.05, 0.1) is 7.11 Å². The Morgan fingerprint density at radius 2 is 1.92 bits per heavy atom. The number of benzene rings is 1. The summed E-state index contributed by atoms with van der Waals surface area (Å²) in [6, 6.07) is 9.83. The van der Waals surface area contributed by atoms with Crippen LogP contribution in [0.25, 0.3) is 0 Å². The van der Waals surface area contributed by atoms with E-state index in [-0.39, 0.29) is 0 Å². The number of methoxy groups -OCH3 is 1. The molecule has 0 saturated carbocycles. The number of rotatable bonds is 7. The predicted molar refractivity (Wildman–Crippen MR) is 97.3 cm³/mol. The first-order valence-electron chi connectivity index (χ1n) is 7.98. The zero-order valence-electron chi connectivity index (χ0n) is 14.2. The molecule has 0 unspecified atom stereocenters. The highest BCUT2D eigenvalue weighted by atomic mass is 16.5. The van der Waals surface area contributed by atoms with Crippen LogP contribution in [-0.4, -0.2) is 33.6 Å². The molecule has 3 rings (SSSR count). The molecule has 0 atom stereocenters. The molecule has 0 aliphatic rings. The van der Waals surface area contributed by atoms with Gasteiger partial charge in [0.15, 0.2) is 0 Å². The maximum absolute atomic E-state index is 5.17. The van der Waals surface area contributed by atoms with Gasteiger partial charge < -0.3 is 15.4 Å². The van der Waals surface area contributed by atoms with Crippen molar-refractivity contribution in [3.63, 3.8) is 0 Å². The van der Waals surface area contributed by atoms with Crippen molar-refractivity contribution in [3.05, 3.63) is 60.2 Å². The SMILES string of the molecule is COc1ccc(CCNc2nc(Nc3ccncn3)ncc2C)cc1. The highest BCUT2D eigenvalue weighted by molar-refractivity contribution is 5.52. The van der Waals surface area contributed by atoms with Gasteiger partial charge in [0.2, 0.25) is 5.95 Å². The number of nitrogens with one attached hydrogen (secondary N) is 2. The zero-order valence-corrected chi connectivity index (χ0v) is 14.2. The first-order chi connectivity index (χ1) is 12.2. The minimum absolute atomic E-state index is 0.497. The molecule has 7 heteroatoms. The van der Waals surface area contributed by atoms with Crippen molar-refractivity contribution in [1.29, 1.82) is 0 Å². The molecule has 0 spiro atoms. The van der Waals surface area contributed by atoms with Crippen LogP contribution < -0.4 is 15.4 Å². The Morgan fingerprint density at radius 3 is 2.64 bits per heavy atom. The van der Waals surface area contributed by atoms with Crippen LogP contribution in [0.5, 0.6) is 5.75 Å². The average molecular weight is 336 g/mol. The summed E-state index contributed by atoms with van der Waals surface area (Å²) < 4.78 is 5.17. The number of hydrogen-bond donors (Lipinski definition) is 2. The monoisotopic (exact) mass is 336 g/mol. The Balaban J connectivity index is 1.60. The van der Waals surface area contributed by atoms with Gasteiger partial charge in [-0.25, -0.2) is 15.0 Å². The number of ether oxygens (including phenoxy) is 1. The molecule has 25 heavy (non-hydrogen) atoms. The molecule has 128 valence electrons. The van der Waals surface area contributed by atoms with Crippen molar-refractivity contribution >= 4 is 17.6 Å². The zero-order chi connectivity index (χ0) is 17.5. The van der Waals surface area contributed by atoms with Crippen molar-refractivity contribution in [2.45, 2.75) is 13.3 Å². The van der Waals surface area contributed by atoms with Crippen molar-refractivity contribution in [1.82, 2.24) is 19.9 Å². The summed E-state index contributed by atoms with van der Waals surface area (Å²) in [6.07, 6.45) is 5.82. The van der Waals surface area contributed by atoms with Gasteiger partial charge in [-0.2, -0.15) is 4.98 Å². The van der Waals surface area contributed by atoms with Gasteiger partial charge in [0, 0.05) is 24.5 Å². The van der Waals surface area contributed by atoms with Crippen LogP contribution in [0.3, 0.4) is 0 Å². The Labute approximate surface area is 146 Å². The van der Waals surface area contributed by atoms with Gasteiger partial charge in [0.25, 0.3) is 0 Å². The van der Waals surface area contributed by atoms with Crippen LogP contribution in [0.4, 0.5) is 17.6 Å². The smallest absolute Gasteiger partial charge is 0.230 e. The molecule has 1 aromatic carbocycles. The molecular weight excluding hydrogens is 316 g/mol. The largest absolute Gasteiger partial charge is 0.497 e. The first kappa shape index (κ1) is 16.6. The number of aromatic nitrogens is 4. The van der Waals surface area contributed by atoms with Crippen molar-refractivity contribution in [3.8, 4) is 5.75 Å². The molecule has 0 amide bonds. The highest BCUT2D eigenvalue weighted by Gasteiger charge is 2.05. The lowest BCUT2D eigenvalue weighted by Crippen LogP contribution is -2.09. The third kappa shape index (κ3) is 4.63. The van der Waals surface area contributed by atoms with Gasteiger partial charge >= 0.3 is 0 Å². The third-order valence-electron chi connectivity index (χ3n) is 3.66. The normalized spacial score (nSPS) is 10.3. The van der Waals surface area contributed by atoms with Crippen molar-refractivity contribution in [2.24, 2.45) is 0 Å². The second-order valence-corrected chi connectivity index (χ2v) is 5.47. The van der Waals surface area contributed by atoms with E-state index in [1.54, 1.807) is 25.6 Å². The van der Waals surface area contributed by atoms with Crippen LogP contribution in [0.15, 0.2) is 49.1 Å². The molecular formula is C18H20N6O. The number of nitrogens with zero attached hydrogens (tertiary/aromatic N) is 4. The van der Waals surface area contributed by atoms with Gasteiger partial charge in [0.1, 0.15) is 23.7 Å². The summed E-state index contributed by atoms with van der Waals surface area (Å²) in [7, 11) is 1.67. The summed E-state index contributed by atoms with van der Waals surface area (Å²) in [4.78, 5) is 16.8. The fourth-order valence-corrected chi connectivity index (χ4v) is 2.28. The molecule has 0 aliphatic heterocycles. The topological polar surface area (TPSA) is 84.9 Å². The molecule has 0 aliphatic carbocycles. The van der Waals surface area contributed by atoms with Gasteiger partial charge in [-0.05, 0) is 37.1 Å². The quantitative estimate of drug-likeness (QED) is 0.686. The van der Waals surface area contributed by atoms with E-state index in [0.29, 0.717) is 11.8 Å². The first-order valence-corrected chi connectivity index (χ1v) is 7.98. The molecule has 0 bridgehead atoms. The maximum atomic E-state index is 5.17. The average Bonchev–Trinajstić information content (AvgIpc) is 2.66. The van der Waals surface area contributed by atoms with Gasteiger partial charge in [-0.15, -0.1) is 0 Å². The summed E-state index contributed by atoms with van der Waals surface area (Å²) >= 11 is 0. The molecule has 2 heterocycles. The fraction of sp³-hybridized carbons (Fsp3) is 0.222. The maximum Gasteiger partial charge on any atom is 0.230 e. The number of aryl methyl sites for hydroxylation is 1. The summed E-state index contributed by atoms with van der Waals surface area (Å²) in [5, 5.41) is 6.43. The minimum Gasteiger partial charge on any atom is -0.497 e.